The molecule has 4 heterocycles. The molecule has 79 heavy (non-hydrogen) atoms. The number of likely N-dealkylation sites (N-methyl/N-ethyl adjacent to an activating group) is 2. The van der Waals surface area contributed by atoms with E-state index in [-0.39, 0.29) is 43.1 Å². The summed E-state index contributed by atoms with van der Waals surface area (Å²) in [5, 5.41) is 25.1. The second-order valence-electron chi connectivity index (χ2n) is 17.6. The highest BCUT2D eigenvalue weighted by Crippen LogP contribution is 2.24. The average Bonchev–Trinajstić information content (AvgIpc) is 4.17. The quantitative estimate of drug-likeness (QED) is 0.0622. The summed E-state index contributed by atoms with van der Waals surface area (Å²) >= 11 is 4.71. The van der Waals surface area contributed by atoms with Crippen molar-refractivity contribution in [2.45, 2.75) is 33.1 Å². The van der Waals surface area contributed by atoms with Gasteiger partial charge < -0.3 is 35.5 Å². The van der Waals surface area contributed by atoms with Crippen LogP contribution in [0.3, 0.4) is 0 Å². The Labute approximate surface area is 472 Å². The van der Waals surface area contributed by atoms with Gasteiger partial charge in [-0.25, -0.2) is 29.5 Å². The summed E-state index contributed by atoms with van der Waals surface area (Å²) in [6.45, 7) is 13.6. The van der Waals surface area contributed by atoms with Gasteiger partial charge in [-0.1, -0.05) is 63.6 Å². The Bertz CT molecular complexity index is 3170. The molecule has 2 aliphatic rings. The first kappa shape index (κ1) is 64.6. The number of likely N-dealkylation sites (tertiary alicyclic amines) is 1. The van der Waals surface area contributed by atoms with Gasteiger partial charge in [0.05, 0.1) is 22.2 Å². The molecule has 414 valence electrons. The lowest BCUT2D eigenvalue weighted by Crippen LogP contribution is -2.29. The molecule has 0 bridgehead atoms. The van der Waals surface area contributed by atoms with Crippen LogP contribution in [0.2, 0.25) is 0 Å². The number of hydrogen-bond donors (Lipinski definition) is 4. The monoisotopic (exact) mass is 1110 g/mol. The fourth-order valence-electron chi connectivity index (χ4n) is 7.95. The number of aromatic carboxylic acids is 2. The molecule has 0 unspecified atom stereocenters. The molecule has 2 aliphatic heterocycles. The van der Waals surface area contributed by atoms with E-state index in [0.717, 1.165) is 89.8 Å². The molecule has 3 amide bonds. The number of fused-ring (bicyclic) bond motifs is 2. The van der Waals surface area contributed by atoms with Gasteiger partial charge in [-0.05, 0) is 153 Å². The minimum atomic E-state index is -0.987. The smallest absolute Gasteiger partial charge is 0.335 e. The number of allylic oxidation sites excluding steroid dienone is 1. The minimum Gasteiger partial charge on any atom is -0.478 e. The van der Waals surface area contributed by atoms with Gasteiger partial charge >= 0.3 is 11.9 Å². The number of aromatic nitrogens is 4. The summed E-state index contributed by atoms with van der Waals surface area (Å²) in [7, 11) is 5.07. The zero-order valence-corrected chi connectivity index (χ0v) is 45.2. The lowest BCUT2D eigenvalue weighted by molar-refractivity contribution is -0.114. The predicted octanol–water partition coefficient (Wildman–Crippen LogP) is 10.2. The van der Waals surface area contributed by atoms with E-state index in [4.69, 9.17) is 21.8 Å². The Hall–Kier alpha value is -8.64. The highest BCUT2D eigenvalue weighted by molar-refractivity contribution is 6.66. The second kappa shape index (κ2) is 32.8. The van der Waals surface area contributed by atoms with Crippen molar-refractivity contribution in [2.24, 2.45) is 11.8 Å². The summed E-state index contributed by atoms with van der Waals surface area (Å²) in [5.74, 6) is 0.574. The third-order valence-electron chi connectivity index (χ3n) is 12.4. The number of amides is 3. The van der Waals surface area contributed by atoms with Crippen LogP contribution >= 0.6 is 24.0 Å². The molecule has 4 N–H and O–H groups in total. The number of carboxylic acid groups (broad SMARTS) is 2. The number of nitrogens with one attached hydrogen (secondary N) is 2. The van der Waals surface area contributed by atoms with Crippen molar-refractivity contribution in [3.63, 3.8) is 0 Å². The number of rotatable bonds is 13. The van der Waals surface area contributed by atoms with Crippen molar-refractivity contribution in [3.05, 3.63) is 200 Å². The number of anilines is 3. The number of benzene rings is 5. The summed E-state index contributed by atoms with van der Waals surface area (Å²) in [5.41, 5.74) is 5.40. The summed E-state index contributed by atoms with van der Waals surface area (Å²) in [4.78, 5) is 89.2. The van der Waals surface area contributed by atoms with Crippen molar-refractivity contribution in [1.29, 1.82) is 0 Å². The van der Waals surface area contributed by atoms with Gasteiger partial charge in [-0.3, -0.25) is 19.2 Å². The van der Waals surface area contributed by atoms with E-state index >= 15 is 0 Å². The van der Waals surface area contributed by atoms with E-state index in [9.17, 15) is 28.8 Å². The first-order chi connectivity index (χ1) is 37.0. The zero-order valence-electron chi connectivity index (χ0n) is 43.6. The second-order valence-corrected chi connectivity index (χ2v) is 18.0. The molecule has 2 atom stereocenters. The van der Waals surface area contributed by atoms with Crippen molar-refractivity contribution < 1.29 is 39.0 Å². The highest BCUT2D eigenvalue weighted by atomic mass is 35.5. The maximum Gasteiger partial charge on any atom is 0.335 e. The lowest BCUT2D eigenvalue weighted by atomic mass is 10.0. The molecule has 0 radical (unpaired) electrons. The molecule has 0 aliphatic carbocycles. The molecular formula is C60H67Cl2N9O8. The van der Waals surface area contributed by atoms with Gasteiger partial charge in [0, 0.05) is 92.9 Å². The van der Waals surface area contributed by atoms with E-state index in [1.54, 1.807) is 81.8 Å². The first-order valence-corrected chi connectivity index (χ1v) is 24.9. The molecule has 19 heteroatoms. The van der Waals surface area contributed by atoms with Crippen LogP contribution in [0.5, 0.6) is 0 Å². The maximum absolute atomic E-state index is 12.9. The van der Waals surface area contributed by atoms with Crippen LogP contribution in [0.4, 0.5) is 17.1 Å². The van der Waals surface area contributed by atoms with Crippen LogP contribution in [0, 0.1) is 11.8 Å². The van der Waals surface area contributed by atoms with Gasteiger partial charge in [0.2, 0.25) is 17.1 Å². The Kier molecular flexibility index (Phi) is 26.9. The molecule has 2 aromatic heterocycles. The summed E-state index contributed by atoms with van der Waals surface area (Å²) in [6.07, 6.45) is 11.3. The Morgan fingerprint density at radius 2 is 1.09 bits per heavy atom. The Morgan fingerprint density at radius 3 is 1.49 bits per heavy atom. The van der Waals surface area contributed by atoms with Crippen molar-refractivity contribution in [2.75, 3.05) is 62.4 Å². The van der Waals surface area contributed by atoms with Crippen LogP contribution in [0.1, 0.15) is 63.0 Å². The molecule has 2 fully saturated rings. The van der Waals surface area contributed by atoms with Gasteiger partial charge in [-0.15, -0.1) is 12.4 Å². The highest BCUT2D eigenvalue weighted by Gasteiger charge is 2.28. The fraction of sp³-hybridized carbons (Fsp3) is 0.233. The lowest BCUT2D eigenvalue weighted by Gasteiger charge is -2.18. The number of carbonyl (C=O) groups excluding carboxylic acids is 4. The largest absolute Gasteiger partial charge is 0.478 e. The number of hydrogen-bond acceptors (Lipinski definition) is 12. The summed E-state index contributed by atoms with van der Waals surface area (Å²) in [6, 6.07) is 35.8. The predicted molar refractivity (Wildman–Crippen MR) is 317 cm³/mol. The molecule has 2 saturated heterocycles. The van der Waals surface area contributed by atoms with E-state index in [1.807, 2.05) is 59.8 Å². The van der Waals surface area contributed by atoms with Crippen molar-refractivity contribution in [1.82, 2.24) is 30.2 Å². The summed E-state index contributed by atoms with van der Waals surface area (Å²) < 4.78 is 0. The maximum atomic E-state index is 12.9. The third kappa shape index (κ3) is 20.0. The first-order valence-electron chi connectivity index (χ1n) is 24.5. The fourth-order valence-corrected chi connectivity index (χ4v) is 7.95. The van der Waals surface area contributed by atoms with Crippen LogP contribution < -0.4 is 20.4 Å². The number of halogens is 2. The average molecular weight is 1110 g/mol. The number of nitrogens with zero attached hydrogens (tertiary/aromatic N) is 7. The number of para-hydroxylation sites is 2. The topological polar surface area (TPSA) is 228 Å². The Balaban J connectivity index is 0.000000285. The minimum absolute atomic E-state index is 0. The van der Waals surface area contributed by atoms with E-state index in [1.165, 1.54) is 40.5 Å². The molecular weight excluding hydrogens is 1050 g/mol. The molecule has 5 aromatic carbocycles. The normalized spacial score (nSPS) is 13.6. The van der Waals surface area contributed by atoms with Crippen LogP contribution in [-0.2, 0) is 27.2 Å². The number of carboxylic acids is 2. The molecule has 17 nitrogen and oxygen atoms in total. The standard InChI is InChI=1S/C24H24N4O2.C13H15N3.C11H11NO3.C8H9NO2.C3H3ClO.CH4.ClH/c1-3-23(29)27(2)20-10-8-18(9-11-20)24(30)28-13-12-17(16-28)14-22-25-15-19-6-4-5-7-21(19)26-22;1-2-4-12-11(3-1)9-15-13(16-12)7-10-5-6-14-8-10;1-3-10(13)12(2)9-6-4-8(5-7-9)11(14)15;1-9-7-4-2-6(3-5-7)8(10)11;1-2-3(4)5;;/h3-11,15,17H,1,12-14,16H2,2H3;1-4,9-10,14H,5-8H2;3-7H,1H2,2H3,(H,14,15);2-5,9H,1H3,(H,10,11);2H,1H2;1H4;1H/t17-;10-;;;;;/m00...../s1. The van der Waals surface area contributed by atoms with Crippen LogP contribution in [-0.4, -0.2) is 117 Å². The Morgan fingerprint density at radius 1 is 0.658 bits per heavy atom. The third-order valence-corrected chi connectivity index (χ3v) is 12.5. The van der Waals surface area contributed by atoms with E-state index in [2.05, 4.69) is 56.4 Å². The SMILES string of the molecule is C.C=CC(=O)Cl.C=CC(=O)N(C)c1ccc(C(=O)N2CC[C@@H](Cc3ncc4ccccc4n3)C2)cc1.C=CC(=O)N(C)c1ccc(C(=O)O)cc1.CNc1ccc(C(=O)O)cc1.Cl.c1ccc2nc(C[C@@H]3CCNC3)ncc2c1. The molecule has 9 rings (SSSR count). The van der Waals surface area contributed by atoms with Gasteiger partial charge in [-0.2, -0.15) is 0 Å². The zero-order chi connectivity index (χ0) is 55.9. The van der Waals surface area contributed by atoms with Gasteiger partial charge in [0.1, 0.15) is 11.6 Å². The van der Waals surface area contributed by atoms with E-state index < -0.39 is 17.2 Å². The number of carbonyl (C=O) groups is 6. The molecule has 0 saturated carbocycles. The van der Waals surface area contributed by atoms with Crippen LogP contribution in [0.25, 0.3) is 21.8 Å². The van der Waals surface area contributed by atoms with Gasteiger partial charge in [0.15, 0.2) is 0 Å². The van der Waals surface area contributed by atoms with E-state index in [0.29, 0.717) is 35.2 Å². The molecule has 0 spiro atoms. The van der Waals surface area contributed by atoms with Gasteiger partial charge in [0.25, 0.3) is 5.91 Å². The van der Waals surface area contributed by atoms with Crippen molar-refractivity contribution >= 4 is 97.8 Å². The van der Waals surface area contributed by atoms with Crippen LogP contribution in [0.15, 0.2) is 172 Å². The van der Waals surface area contributed by atoms with Crippen molar-refractivity contribution in [3.8, 4) is 0 Å². The molecule has 7 aromatic rings.